The van der Waals surface area contributed by atoms with Gasteiger partial charge in [0.1, 0.15) is 6.04 Å². The molecule has 3 heterocycles. The molecule has 3 N–H and O–H groups in total. The van der Waals surface area contributed by atoms with Crippen LogP contribution in [0.2, 0.25) is 0 Å². The first-order valence-electron chi connectivity index (χ1n) is 12.4. The van der Waals surface area contributed by atoms with Gasteiger partial charge in [-0.25, -0.2) is 0 Å². The number of likely N-dealkylation sites (tertiary alicyclic amines) is 1. The fourth-order valence-electron chi connectivity index (χ4n) is 4.92. The maximum atomic E-state index is 13.9. The number of likely N-dealkylation sites (N-methyl/N-ethyl adjacent to an activating group) is 1. The second-order valence-corrected chi connectivity index (χ2v) is 9.27. The van der Waals surface area contributed by atoms with Crippen LogP contribution in [0, 0.1) is 0 Å². The van der Waals surface area contributed by atoms with E-state index >= 15 is 0 Å². The molecule has 0 radical (unpaired) electrons. The molecule has 184 valence electrons. The Morgan fingerprint density at radius 3 is 2.50 bits per heavy atom. The molecule has 7 nitrogen and oxygen atoms in total. The molecule has 7 heteroatoms. The highest BCUT2D eigenvalue weighted by molar-refractivity contribution is 5.93. The minimum Gasteiger partial charge on any atom is -0.355 e. The van der Waals surface area contributed by atoms with E-state index in [0.29, 0.717) is 6.54 Å². The molecule has 0 unspecified atom stereocenters. The van der Waals surface area contributed by atoms with Gasteiger partial charge in [-0.2, -0.15) is 0 Å². The predicted molar refractivity (Wildman–Crippen MR) is 141 cm³/mol. The number of aromatic nitrogens is 2. The van der Waals surface area contributed by atoms with Gasteiger partial charge in [-0.05, 0) is 44.5 Å². The Morgan fingerprint density at radius 1 is 1.06 bits per heavy atom. The third-order valence-corrected chi connectivity index (χ3v) is 7.00. The molecule has 0 spiro atoms. The van der Waals surface area contributed by atoms with Gasteiger partial charge in [0.2, 0.25) is 11.8 Å². The zero-order chi connectivity index (χ0) is 25.1. The van der Waals surface area contributed by atoms with E-state index in [-0.39, 0.29) is 17.9 Å². The summed E-state index contributed by atoms with van der Waals surface area (Å²) < 4.78 is 0. The van der Waals surface area contributed by atoms with Crippen molar-refractivity contribution in [1.82, 2.24) is 25.5 Å². The number of aromatic amines is 1. The first-order chi connectivity index (χ1) is 17.6. The van der Waals surface area contributed by atoms with Gasteiger partial charge in [0, 0.05) is 29.4 Å². The van der Waals surface area contributed by atoms with Gasteiger partial charge < -0.3 is 20.5 Å². The van der Waals surface area contributed by atoms with Crippen molar-refractivity contribution in [1.29, 1.82) is 0 Å². The second kappa shape index (κ2) is 10.3. The molecule has 2 aromatic carbocycles. The molecule has 3 atom stereocenters. The highest BCUT2D eigenvalue weighted by Gasteiger charge is 2.36. The van der Waals surface area contributed by atoms with E-state index in [1.54, 1.807) is 14.0 Å². The normalized spacial score (nSPS) is 17.2. The van der Waals surface area contributed by atoms with Gasteiger partial charge in [-0.1, -0.05) is 60.7 Å². The number of carbonyl (C=O) groups is 2. The molecule has 0 bridgehead atoms. The Labute approximate surface area is 210 Å². The SMILES string of the molecule is CN[C@@H](C)C(=O)N[C@H](C(=O)N1CCC[C@H]1c1cc2ccnc(-c3ccccc3)c2[nH]1)c1ccccc1. The molecular weight excluding hydrogens is 450 g/mol. The molecule has 4 aromatic rings. The molecule has 36 heavy (non-hydrogen) atoms. The molecule has 1 aliphatic rings. The molecule has 1 fully saturated rings. The molecule has 2 aromatic heterocycles. The van der Waals surface area contributed by atoms with Gasteiger partial charge in [0.05, 0.1) is 23.3 Å². The van der Waals surface area contributed by atoms with Crippen LogP contribution in [0.4, 0.5) is 0 Å². The number of pyridine rings is 1. The summed E-state index contributed by atoms with van der Waals surface area (Å²) in [6, 6.07) is 22.4. The monoisotopic (exact) mass is 481 g/mol. The van der Waals surface area contributed by atoms with Gasteiger partial charge >= 0.3 is 0 Å². The molecule has 0 saturated carbocycles. The summed E-state index contributed by atoms with van der Waals surface area (Å²) in [7, 11) is 1.73. The predicted octanol–water partition coefficient (Wildman–Crippen LogP) is 4.36. The van der Waals surface area contributed by atoms with Crippen molar-refractivity contribution in [3.63, 3.8) is 0 Å². The number of H-pyrrole nitrogens is 1. The molecule has 2 amide bonds. The van der Waals surface area contributed by atoms with Crippen LogP contribution < -0.4 is 10.6 Å². The summed E-state index contributed by atoms with van der Waals surface area (Å²) in [5, 5.41) is 6.99. The Bertz CT molecular complexity index is 1350. The smallest absolute Gasteiger partial charge is 0.250 e. The summed E-state index contributed by atoms with van der Waals surface area (Å²) in [4.78, 5) is 36.8. The van der Waals surface area contributed by atoms with Crippen LogP contribution in [0.5, 0.6) is 0 Å². The topological polar surface area (TPSA) is 90.1 Å². The van der Waals surface area contributed by atoms with Crippen molar-refractivity contribution in [3.05, 3.63) is 90.3 Å². The van der Waals surface area contributed by atoms with E-state index in [9.17, 15) is 9.59 Å². The van der Waals surface area contributed by atoms with E-state index in [1.165, 1.54) is 0 Å². The van der Waals surface area contributed by atoms with Crippen LogP contribution in [0.3, 0.4) is 0 Å². The van der Waals surface area contributed by atoms with Crippen LogP contribution in [-0.4, -0.2) is 46.3 Å². The summed E-state index contributed by atoms with van der Waals surface area (Å²) >= 11 is 0. The summed E-state index contributed by atoms with van der Waals surface area (Å²) in [5.74, 6) is -0.306. The lowest BCUT2D eigenvalue weighted by molar-refractivity contribution is -0.137. The van der Waals surface area contributed by atoms with E-state index in [4.69, 9.17) is 0 Å². The standard InChI is InChI=1S/C29H31N5O2/c1-19(30-2)28(35)33-27(21-12-7-4-8-13-21)29(36)34-17-9-14-24(34)23-18-22-15-16-31-25(26(22)32-23)20-10-5-3-6-11-20/h3-8,10-13,15-16,18-19,24,27,30,32H,9,14,17H2,1-2H3,(H,33,35)/t19-,24-,27-/m0/s1. The number of amides is 2. The van der Waals surface area contributed by atoms with Crippen LogP contribution in [0.15, 0.2) is 79.0 Å². The molecule has 5 rings (SSSR count). The highest BCUT2D eigenvalue weighted by atomic mass is 16.2. The van der Waals surface area contributed by atoms with Crippen LogP contribution >= 0.6 is 0 Å². The number of hydrogen-bond donors (Lipinski definition) is 3. The molecule has 1 aliphatic heterocycles. The Balaban J connectivity index is 1.47. The first-order valence-corrected chi connectivity index (χ1v) is 12.4. The van der Waals surface area contributed by atoms with Crippen molar-refractivity contribution in [2.24, 2.45) is 0 Å². The van der Waals surface area contributed by atoms with Crippen molar-refractivity contribution in [2.45, 2.75) is 37.9 Å². The van der Waals surface area contributed by atoms with Crippen LogP contribution in [-0.2, 0) is 9.59 Å². The van der Waals surface area contributed by atoms with Crippen molar-refractivity contribution >= 4 is 22.7 Å². The van der Waals surface area contributed by atoms with Gasteiger partial charge in [-0.3, -0.25) is 14.6 Å². The van der Waals surface area contributed by atoms with Crippen LogP contribution in [0.1, 0.15) is 43.1 Å². The average Bonchev–Trinajstić information content (AvgIpc) is 3.59. The maximum Gasteiger partial charge on any atom is 0.250 e. The van der Waals surface area contributed by atoms with Crippen molar-refractivity contribution in [3.8, 4) is 11.3 Å². The maximum absolute atomic E-state index is 13.9. The van der Waals surface area contributed by atoms with Gasteiger partial charge in [0.25, 0.3) is 0 Å². The molecule has 0 aliphatic carbocycles. The third-order valence-electron chi connectivity index (χ3n) is 7.00. The fraction of sp³-hybridized carbons (Fsp3) is 0.276. The minimum atomic E-state index is -0.749. The number of hydrogen-bond acceptors (Lipinski definition) is 4. The van der Waals surface area contributed by atoms with E-state index in [1.807, 2.05) is 77.8 Å². The second-order valence-electron chi connectivity index (χ2n) is 9.27. The lowest BCUT2D eigenvalue weighted by Crippen LogP contribution is -2.47. The van der Waals surface area contributed by atoms with E-state index in [0.717, 1.165) is 46.3 Å². The van der Waals surface area contributed by atoms with E-state index < -0.39 is 12.1 Å². The minimum absolute atomic E-state index is 0.0968. The number of rotatable bonds is 7. The third kappa shape index (κ3) is 4.62. The summed E-state index contributed by atoms with van der Waals surface area (Å²) in [6.07, 6.45) is 3.58. The highest BCUT2D eigenvalue weighted by Crippen LogP contribution is 2.36. The Hall–Kier alpha value is -3.97. The number of fused-ring (bicyclic) bond motifs is 1. The van der Waals surface area contributed by atoms with E-state index in [2.05, 4.69) is 26.7 Å². The lowest BCUT2D eigenvalue weighted by Gasteiger charge is -2.30. The summed E-state index contributed by atoms with van der Waals surface area (Å²) in [5.41, 5.74) is 4.67. The summed E-state index contributed by atoms with van der Waals surface area (Å²) in [6.45, 7) is 2.42. The molecular formula is C29H31N5O2. The quantitative estimate of drug-likeness (QED) is 0.366. The lowest BCUT2D eigenvalue weighted by atomic mass is 10.0. The largest absolute Gasteiger partial charge is 0.355 e. The number of nitrogens with one attached hydrogen (secondary N) is 3. The number of carbonyl (C=O) groups excluding carboxylic acids is 2. The van der Waals surface area contributed by atoms with Crippen LogP contribution in [0.25, 0.3) is 22.2 Å². The zero-order valence-corrected chi connectivity index (χ0v) is 20.6. The zero-order valence-electron chi connectivity index (χ0n) is 20.6. The average molecular weight is 482 g/mol. The molecule has 1 saturated heterocycles. The Morgan fingerprint density at radius 2 is 1.78 bits per heavy atom. The number of benzene rings is 2. The van der Waals surface area contributed by atoms with Crippen molar-refractivity contribution in [2.75, 3.05) is 13.6 Å². The van der Waals surface area contributed by atoms with Crippen molar-refractivity contribution < 1.29 is 9.59 Å². The first kappa shape index (κ1) is 23.8. The number of nitrogens with zero attached hydrogens (tertiary/aromatic N) is 2. The van der Waals surface area contributed by atoms with Gasteiger partial charge in [0.15, 0.2) is 0 Å². The fourth-order valence-corrected chi connectivity index (χ4v) is 4.92. The van der Waals surface area contributed by atoms with Gasteiger partial charge in [-0.15, -0.1) is 0 Å². The Kier molecular flexibility index (Phi) is 6.82.